The molecule has 1 aromatic carbocycles. The molecule has 0 saturated carbocycles. The molecule has 0 saturated heterocycles. The highest BCUT2D eigenvalue weighted by Crippen LogP contribution is 2.14. The molecule has 5 heteroatoms. The zero-order chi connectivity index (χ0) is 15.5. The maximum Gasteiger partial charge on any atom is 0.263 e. The van der Waals surface area contributed by atoms with Crippen LogP contribution in [0.25, 0.3) is 0 Å². The summed E-state index contributed by atoms with van der Waals surface area (Å²) >= 11 is 0. The molecular weight excluding hydrogens is 266 g/mol. The molecule has 1 amide bonds. The minimum Gasteiger partial charge on any atom is -0.481 e. The molecule has 0 aliphatic carbocycles. The summed E-state index contributed by atoms with van der Waals surface area (Å²) in [7, 11) is 0. The molecule has 1 aromatic rings. The molecule has 0 aliphatic heterocycles. The number of amides is 1. The molecule has 0 radical (unpaired) electrons. The first-order valence-electron chi connectivity index (χ1n) is 6.97. The zero-order valence-corrected chi connectivity index (χ0v) is 12.2. The van der Waals surface area contributed by atoms with Crippen molar-refractivity contribution in [2.24, 2.45) is 0 Å². The lowest BCUT2D eigenvalue weighted by molar-refractivity contribution is -0.138. The van der Waals surface area contributed by atoms with Crippen molar-refractivity contribution in [1.82, 2.24) is 4.90 Å². The number of ether oxygens (including phenoxy) is 1. The van der Waals surface area contributed by atoms with Gasteiger partial charge in [-0.1, -0.05) is 25.1 Å². The molecule has 110 valence electrons. The van der Waals surface area contributed by atoms with Crippen LogP contribution in [0.3, 0.4) is 0 Å². The number of nitrogens with zero attached hydrogens (tertiary/aromatic N) is 3. The van der Waals surface area contributed by atoms with Crippen LogP contribution in [-0.4, -0.2) is 30.0 Å². The third-order valence-electron chi connectivity index (χ3n) is 2.97. The SMILES string of the molecule is CCC(Oc1ccccc1)C(=O)N(CCC#N)CCC#N. The summed E-state index contributed by atoms with van der Waals surface area (Å²) in [5.41, 5.74) is 0. The van der Waals surface area contributed by atoms with E-state index in [1.54, 1.807) is 12.1 Å². The van der Waals surface area contributed by atoms with E-state index >= 15 is 0 Å². The smallest absolute Gasteiger partial charge is 0.263 e. The Morgan fingerprint density at radius 3 is 2.24 bits per heavy atom. The molecule has 1 rings (SSSR count). The van der Waals surface area contributed by atoms with Crippen molar-refractivity contribution in [2.75, 3.05) is 13.1 Å². The van der Waals surface area contributed by atoms with E-state index in [0.29, 0.717) is 25.3 Å². The molecular formula is C16H19N3O2. The highest BCUT2D eigenvalue weighted by molar-refractivity contribution is 5.81. The maximum absolute atomic E-state index is 12.5. The van der Waals surface area contributed by atoms with Crippen molar-refractivity contribution >= 4 is 5.91 Å². The largest absolute Gasteiger partial charge is 0.481 e. The Hall–Kier alpha value is -2.53. The van der Waals surface area contributed by atoms with E-state index in [2.05, 4.69) is 0 Å². The summed E-state index contributed by atoms with van der Waals surface area (Å²) in [5.74, 6) is 0.463. The lowest BCUT2D eigenvalue weighted by atomic mass is 10.2. The van der Waals surface area contributed by atoms with E-state index in [-0.39, 0.29) is 18.7 Å². The minimum absolute atomic E-state index is 0.174. The average molecular weight is 285 g/mol. The van der Waals surface area contributed by atoms with Gasteiger partial charge < -0.3 is 9.64 Å². The summed E-state index contributed by atoms with van der Waals surface area (Å²) in [6.45, 7) is 2.52. The van der Waals surface area contributed by atoms with Crippen molar-refractivity contribution in [3.05, 3.63) is 30.3 Å². The Morgan fingerprint density at radius 2 is 1.76 bits per heavy atom. The van der Waals surface area contributed by atoms with Gasteiger partial charge in [0, 0.05) is 13.1 Å². The van der Waals surface area contributed by atoms with Crippen molar-refractivity contribution in [2.45, 2.75) is 32.3 Å². The van der Waals surface area contributed by atoms with Gasteiger partial charge in [-0.05, 0) is 18.6 Å². The number of carbonyl (C=O) groups excluding carboxylic acids is 1. The third-order valence-corrected chi connectivity index (χ3v) is 2.97. The van der Waals surface area contributed by atoms with E-state index < -0.39 is 6.10 Å². The zero-order valence-electron chi connectivity index (χ0n) is 12.2. The van der Waals surface area contributed by atoms with Crippen LogP contribution in [0.15, 0.2) is 30.3 Å². The summed E-state index contributed by atoms with van der Waals surface area (Å²) in [6.07, 6.45) is 0.436. The molecule has 0 aromatic heterocycles. The van der Waals surface area contributed by atoms with Gasteiger partial charge in [-0.25, -0.2) is 0 Å². The van der Waals surface area contributed by atoms with Crippen LogP contribution < -0.4 is 4.74 Å². The minimum atomic E-state index is -0.593. The van der Waals surface area contributed by atoms with Gasteiger partial charge in [0.05, 0.1) is 25.0 Å². The van der Waals surface area contributed by atoms with Crippen LogP contribution in [0.4, 0.5) is 0 Å². The second-order valence-electron chi connectivity index (χ2n) is 4.47. The van der Waals surface area contributed by atoms with Crippen molar-refractivity contribution in [3.8, 4) is 17.9 Å². The number of carbonyl (C=O) groups is 1. The number of nitriles is 2. The van der Waals surface area contributed by atoms with Crippen LogP contribution in [-0.2, 0) is 4.79 Å². The second kappa shape index (κ2) is 9.39. The van der Waals surface area contributed by atoms with E-state index in [1.165, 1.54) is 4.90 Å². The Kier molecular flexibility index (Phi) is 7.39. The van der Waals surface area contributed by atoms with Gasteiger partial charge >= 0.3 is 0 Å². The Balaban J connectivity index is 2.73. The molecule has 0 heterocycles. The van der Waals surface area contributed by atoms with Crippen molar-refractivity contribution in [1.29, 1.82) is 10.5 Å². The fourth-order valence-corrected chi connectivity index (χ4v) is 1.88. The maximum atomic E-state index is 12.5. The normalized spacial score (nSPS) is 11.0. The summed E-state index contributed by atoms with van der Waals surface area (Å²) in [4.78, 5) is 14.0. The predicted octanol–water partition coefficient (Wildman–Crippen LogP) is 2.50. The topological polar surface area (TPSA) is 77.1 Å². The van der Waals surface area contributed by atoms with Gasteiger partial charge in [0.25, 0.3) is 5.91 Å². The Bertz CT molecular complexity index is 499. The van der Waals surface area contributed by atoms with Gasteiger partial charge in [-0.15, -0.1) is 0 Å². The van der Waals surface area contributed by atoms with E-state index in [4.69, 9.17) is 15.3 Å². The lowest BCUT2D eigenvalue weighted by Crippen LogP contribution is -2.42. The lowest BCUT2D eigenvalue weighted by Gasteiger charge is -2.26. The highest BCUT2D eigenvalue weighted by atomic mass is 16.5. The van der Waals surface area contributed by atoms with Crippen molar-refractivity contribution < 1.29 is 9.53 Å². The first-order valence-corrected chi connectivity index (χ1v) is 6.97. The number of benzene rings is 1. The first-order chi connectivity index (χ1) is 10.2. The third kappa shape index (κ3) is 5.54. The van der Waals surface area contributed by atoms with Gasteiger partial charge in [-0.3, -0.25) is 4.79 Å². The second-order valence-corrected chi connectivity index (χ2v) is 4.47. The van der Waals surface area contributed by atoms with E-state index in [0.717, 1.165) is 0 Å². The molecule has 0 spiro atoms. The number of rotatable bonds is 8. The first kappa shape index (κ1) is 16.5. The van der Waals surface area contributed by atoms with Gasteiger partial charge in [0.15, 0.2) is 6.10 Å². The number of hydrogen-bond acceptors (Lipinski definition) is 4. The van der Waals surface area contributed by atoms with Crippen molar-refractivity contribution in [3.63, 3.8) is 0 Å². The van der Waals surface area contributed by atoms with Crippen LogP contribution in [0.2, 0.25) is 0 Å². The number of para-hydroxylation sites is 1. The molecule has 0 N–H and O–H groups in total. The molecule has 0 fully saturated rings. The summed E-state index contributed by atoms with van der Waals surface area (Å²) in [5, 5.41) is 17.3. The number of hydrogen-bond donors (Lipinski definition) is 0. The predicted molar refractivity (Wildman–Crippen MR) is 78.2 cm³/mol. The van der Waals surface area contributed by atoms with E-state index in [9.17, 15) is 4.79 Å². The van der Waals surface area contributed by atoms with E-state index in [1.807, 2.05) is 37.3 Å². The Morgan fingerprint density at radius 1 is 1.19 bits per heavy atom. The van der Waals surface area contributed by atoms with Crippen LogP contribution in [0.1, 0.15) is 26.2 Å². The highest BCUT2D eigenvalue weighted by Gasteiger charge is 2.24. The van der Waals surface area contributed by atoms with Crippen LogP contribution in [0, 0.1) is 22.7 Å². The van der Waals surface area contributed by atoms with Gasteiger partial charge in [0.1, 0.15) is 5.75 Å². The molecule has 1 atom stereocenters. The molecule has 5 nitrogen and oxygen atoms in total. The molecule has 0 aliphatic rings. The fourth-order valence-electron chi connectivity index (χ4n) is 1.88. The monoisotopic (exact) mass is 285 g/mol. The van der Waals surface area contributed by atoms with Crippen LogP contribution >= 0.6 is 0 Å². The fraction of sp³-hybridized carbons (Fsp3) is 0.438. The molecule has 1 unspecified atom stereocenters. The average Bonchev–Trinajstić information content (AvgIpc) is 2.53. The van der Waals surface area contributed by atoms with Gasteiger partial charge in [0.2, 0.25) is 0 Å². The standard InChI is InChI=1S/C16H19N3O2/c1-2-15(21-14-8-4-3-5-9-14)16(20)19(12-6-10-17)13-7-11-18/h3-5,8-9,15H,2,6-7,12-13H2,1H3. The quantitative estimate of drug-likeness (QED) is 0.735. The summed E-state index contributed by atoms with van der Waals surface area (Å²) < 4.78 is 5.71. The summed E-state index contributed by atoms with van der Waals surface area (Å²) in [6, 6.07) is 13.2. The Labute approximate surface area is 125 Å². The molecule has 0 bridgehead atoms. The van der Waals surface area contributed by atoms with Crippen LogP contribution in [0.5, 0.6) is 5.75 Å². The molecule has 21 heavy (non-hydrogen) atoms. The van der Waals surface area contributed by atoms with Gasteiger partial charge in [-0.2, -0.15) is 10.5 Å².